The molecule has 0 amide bonds. The van der Waals surface area contributed by atoms with Crippen LogP contribution in [0, 0.1) is 12.7 Å². The van der Waals surface area contributed by atoms with E-state index < -0.39 is 6.10 Å². The summed E-state index contributed by atoms with van der Waals surface area (Å²) >= 11 is 0. The third-order valence-electron chi connectivity index (χ3n) is 4.00. The minimum Gasteiger partial charge on any atom is -0.386 e. The predicted molar refractivity (Wildman–Crippen MR) is 77.0 cm³/mol. The van der Waals surface area contributed by atoms with Crippen LogP contribution in [0.5, 0.6) is 0 Å². The number of aliphatic hydroxyl groups excluding tert-OH is 1. The van der Waals surface area contributed by atoms with Crippen LogP contribution >= 0.6 is 0 Å². The van der Waals surface area contributed by atoms with Gasteiger partial charge in [-0.1, -0.05) is 36.4 Å². The summed E-state index contributed by atoms with van der Waals surface area (Å²) in [6, 6.07) is 12.9. The molecule has 2 aromatic carbocycles. The molecule has 2 atom stereocenters. The molecule has 0 aromatic heterocycles. The summed E-state index contributed by atoms with van der Waals surface area (Å²) in [5.74, 6) is -0.273. The lowest BCUT2D eigenvalue weighted by atomic mass is 9.88. The molecule has 1 heterocycles. The number of aliphatic hydroxyl groups is 1. The first-order chi connectivity index (χ1) is 9.66. The number of aryl methyl sites for hydroxylation is 1. The quantitative estimate of drug-likeness (QED) is 0.880. The largest absolute Gasteiger partial charge is 0.386 e. The highest BCUT2D eigenvalue weighted by atomic mass is 19.1. The number of fused-ring (bicyclic) bond motifs is 1. The van der Waals surface area contributed by atoms with Crippen molar-refractivity contribution in [2.24, 2.45) is 0 Å². The van der Waals surface area contributed by atoms with Crippen LogP contribution in [-0.4, -0.2) is 11.7 Å². The molecule has 2 nitrogen and oxygen atoms in total. The van der Waals surface area contributed by atoms with Crippen molar-refractivity contribution >= 4 is 0 Å². The van der Waals surface area contributed by atoms with Gasteiger partial charge in [0.05, 0.1) is 12.1 Å². The molecule has 0 saturated carbocycles. The van der Waals surface area contributed by atoms with E-state index in [1.165, 1.54) is 11.6 Å². The Morgan fingerprint density at radius 3 is 2.85 bits per heavy atom. The van der Waals surface area contributed by atoms with Crippen molar-refractivity contribution in [2.75, 3.05) is 6.54 Å². The van der Waals surface area contributed by atoms with Gasteiger partial charge in [0.2, 0.25) is 0 Å². The zero-order chi connectivity index (χ0) is 14.1. The Balaban J connectivity index is 1.95. The van der Waals surface area contributed by atoms with Crippen LogP contribution in [0.4, 0.5) is 4.39 Å². The van der Waals surface area contributed by atoms with Crippen molar-refractivity contribution in [3.63, 3.8) is 0 Å². The summed E-state index contributed by atoms with van der Waals surface area (Å²) in [5, 5.41) is 13.9. The van der Waals surface area contributed by atoms with Crippen molar-refractivity contribution in [2.45, 2.75) is 25.5 Å². The van der Waals surface area contributed by atoms with E-state index in [-0.39, 0.29) is 11.9 Å². The van der Waals surface area contributed by atoms with E-state index in [2.05, 4.69) is 11.4 Å². The van der Waals surface area contributed by atoms with E-state index >= 15 is 0 Å². The summed E-state index contributed by atoms with van der Waals surface area (Å²) in [6.07, 6.45) is 0.216. The Bertz CT molecular complexity index is 626. The van der Waals surface area contributed by atoms with Gasteiger partial charge >= 0.3 is 0 Å². The van der Waals surface area contributed by atoms with Crippen molar-refractivity contribution < 1.29 is 9.50 Å². The van der Waals surface area contributed by atoms with Gasteiger partial charge < -0.3 is 10.4 Å². The maximum absolute atomic E-state index is 13.7. The van der Waals surface area contributed by atoms with Gasteiger partial charge in [0, 0.05) is 0 Å². The van der Waals surface area contributed by atoms with Gasteiger partial charge in [-0.25, -0.2) is 4.39 Å². The molecule has 104 valence electrons. The van der Waals surface area contributed by atoms with Crippen molar-refractivity contribution in [3.8, 4) is 0 Å². The van der Waals surface area contributed by atoms with Crippen LogP contribution in [-0.2, 0) is 6.42 Å². The number of halogens is 1. The molecule has 0 fully saturated rings. The van der Waals surface area contributed by atoms with Crippen molar-refractivity contribution in [3.05, 3.63) is 70.5 Å². The van der Waals surface area contributed by atoms with Crippen LogP contribution in [0.25, 0.3) is 0 Å². The molecule has 2 unspecified atom stereocenters. The van der Waals surface area contributed by atoms with E-state index in [1.807, 2.05) is 18.2 Å². The molecular formula is C17H18FNO. The molecule has 20 heavy (non-hydrogen) atoms. The first kappa shape index (κ1) is 13.3. The maximum Gasteiger partial charge on any atom is 0.126 e. The molecule has 0 bridgehead atoms. The number of hydrogen-bond donors (Lipinski definition) is 2. The Hall–Kier alpha value is -1.71. The van der Waals surface area contributed by atoms with Gasteiger partial charge in [0.25, 0.3) is 0 Å². The zero-order valence-corrected chi connectivity index (χ0v) is 11.4. The van der Waals surface area contributed by atoms with Gasteiger partial charge in [-0.2, -0.15) is 0 Å². The molecule has 3 rings (SSSR count). The smallest absolute Gasteiger partial charge is 0.126 e. The Morgan fingerprint density at radius 2 is 2.05 bits per heavy atom. The monoisotopic (exact) mass is 271 g/mol. The zero-order valence-electron chi connectivity index (χ0n) is 11.4. The van der Waals surface area contributed by atoms with Gasteiger partial charge in [0.15, 0.2) is 0 Å². The molecule has 1 aliphatic heterocycles. The van der Waals surface area contributed by atoms with Crippen molar-refractivity contribution in [1.82, 2.24) is 5.32 Å². The molecule has 0 aliphatic carbocycles. The highest BCUT2D eigenvalue weighted by molar-refractivity contribution is 5.35. The highest BCUT2D eigenvalue weighted by Crippen LogP contribution is 2.33. The summed E-state index contributed by atoms with van der Waals surface area (Å²) in [6.45, 7) is 2.55. The van der Waals surface area contributed by atoms with E-state index in [1.54, 1.807) is 19.1 Å². The summed E-state index contributed by atoms with van der Waals surface area (Å²) < 4.78 is 13.7. The van der Waals surface area contributed by atoms with Gasteiger partial charge in [-0.15, -0.1) is 0 Å². The summed E-state index contributed by atoms with van der Waals surface area (Å²) in [7, 11) is 0. The fourth-order valence-corrected chi connectivity index (χ4v) is 2.80. The third-order valence-corrected chi connectivity index (χ3v) is 4.00. The molecule has 2 aromatic rings. The molecule has 0 spiro atoms. The molecular weight excluding hydrogens is 253 g/mol. The summed E-state index contributed by atoms with van der Waals surface area (Å²) in [4.78, 5) is 0. The standard InChI is InChI=1S/C17H18FNO/c1-11-6-7-13(10-15(11)18)17(20)16-14-5-3-2-4-12(14)8-9-19-16/h2-7,10,16-17,19-20H,8-9H2,1H3. The second-order valence-electron chi connectivity index (χ2n) is 5.33. The van der Waals surface area contributed by atoms with E-state index in [0.29, 0.717) is 11.1 Å². The van der Waals surface area contributed by atoms with Crippen LogP contribution in [0.2, 0.25) is 0 Å². The van der Waals surface area contributed by atoms with Crippen LogP contribution in [0.3, 0.4) is 0 Å². The second-order valence-corrected chi connectivity index (χ2v) is 5.33. The Kier molecular flexibility index (Phi) is 3.55. The molecule has 3 heteroatoms. The minimum atomic E-state index is -0.744. The van der Waals surface area contributed by atoms with Gasteiger partial charge in [-0.3, -0.25) is 0 Å². The van der Waals surface area contributed by atoms with E-state index in [4.69, 9.17) is 0 Å². The number of benzene rings is 2. The van der Waals surface area contributed by atoms with Gasteiger partial charge in [-0.05, 0) is 48.2 Å². The third kappa shape index (κ3) is 2.35. The number of nitrogens with one attached hydrogen (secondary N) is 1. The SMILES string of the molecule is Cc1ccc(C(O)C2NCCc3ccccc32)cc1F. The first-order valence-corrected chi connectivity index (χ1v) is 6.92. The van der Waals surface area contributed by atoms with Crippen molar-refractivity contribution in [1.29, 1.82) is 0 Å². The van der Waals surface area contributed by atoms with Crippen LogP contribution < -0.4 is 5.32 Å². The van der Waals surface area contributed by atoms with Crippen LogP contribution in [0.15, 0.2) is 42.5 Å². The lowest BCUT2D eigenvalue weighted by Gasteiger charge is -2.31. The molecule has 0 radical (unpaired) electrons. The Labute approximate surface area is 118 Å². The predicted octanol–water partition coefficient (Wildman–Crippen LogP) is 3.05. The molecule has 2 N–H and O–H groups in total. The highest BCUT2D eigenvalue weighted by Gasteiger charge is 2.27. The average molecular weight is 271 g/mol. The lowest BCUT2D eigenvalue weighted by Crippen LogP contribution is -2.33. The second kappa shape index (κ2) is 5.35. The number of hydrogen-bond acceptors (Lipinski definition) is 2. The number of rotatable bonds is 2. The summed E-state index contributed by atoms with van der Waals surface area (Å²) in [5.41, 5.74) is 3.57. The van der Waals surface area contributed by atoms with Crippen LogP contribution in [0.1, 0.15) is 34.4 Å². The fourth-order valence-electron chi connectivity index (χ4n) is 2.80. The first-order valence-electron chi connectivity index (χ1n) is 6.92. The molecule has 1 aliphatic rings. The van der Waals surface area contributed by atoms with E-state index in [9.17, 15) is 9.50 Å². The fraction of sp³-hybridized carbons (Fsp3) is 0.294. The topological polar surface area (TPSA) is 32.3 Å². The average Bonchev–Trinajstić information content (AvgIpc) is 2.49. The molecule has 0 saturated heterocycles. The normalized spacial score (nSPS) is 19.4. The Morgan fingerprint density at radius 1 is 1.25 bits per heavy atom. The van der Waals surface area contributed by atoms with Gasteiger partial charge in [0.1, 0.15) is 5.82 Å². The minimum absolute atomic E-state index is 0.179. The van der Waals surface area contributed by atoms with E-state index in [0.717, 1.165) is 18.5 Å². The lowest BCUT2D eigenvalue weighted by molar-refractivity contribution is 0.125. The maximum atomic E-state index is 13.7.